The topological polar surface area (TPSA) is 40.5 Å². The Morgan fingerprint density at radius 1 is 1.67 bits per heavy atom. The lowest BCUT2D eigenvalue weighted by Gasteiger charge is -2.08. The minimum absolute atomic E-state index is 0. The molecule has 0 rings (SSSR count). The Hall–Kier alpha value is -0.0900. The number of carboxylic acid groups (broad SMARTS) is 1. The second kappa shape index (κ2) is 6.04. The summed E-state index contributed by atoms with van der Waals surface area (Å²) in [5.74, 6) is -0.769. The van der Waals surface area contributed by atoms with Crippen LogP contribution < -0.4 is 0 Å². The quantitative estimate of drug-likeness (QED) is 0.721. The predicted molar refractivity (Wildman–Crippen MR) is 41.1 cm³/mol. The molecule has 0 aliphatic carbocycles. The SMILES string of the molecule is Br.CCN(C)CC(=O)O. The number of nitrogens with zero attached hydrogens (tertiary/aromatic N) is 1. The molecule has 0 radical (unpaired) electrons. The molecule has 0 aromatic rings. The summed E-state index contributed by atoms with van der Waals surface area (Å²) in [6.07, 6.45) is 0. The average molecular weight is 198 g/mol. The molecule has 0 spiro atoms. The highest BCUT2D eigenvalue weighted by molar-refractivity contribution is 8.93. The average Bonchev–Trinajstić information content (AvgIpc) is 1.65. The Bertz CT molecular complexity index is 87.0. The fourth-order valence-electron chi connectivity index (χ4n) is 0.343. The second-order valence-corrected chi connectivity index (χ2v) is 1.72. The maximum atomic E-state index is 9.93. The van der Waals surface area contributed by atoms with Crippen LogP contribution in [-0.4, -0.2) is 36.1 Å². The molecular weight excluding hydrogens is 186 g/mol. The molecule has 0 saturated heterocycles. The Labute approximate surface area is 65.4 Å². The lowest BCUT2D eigenvalue weighted by Crippen LogP contribution is -2.24. The van der Waals surface area contributed by atoms with Gasteiger partial charge in [-0.2, -0.15) is 0 Å². The van der Waals surface area contributed by atoms with Gasteiger partial charge in [0.25, 0.3) is 0 Å². The van der Waals surface area contributed by atoms with Crippen molar-refractivity contribution in [3.05, 3.63) is 0 Å². The van der Waals surface area contributed by atoms with Crippen molar-refractivity contribution in [2.75, 3.05) is 20.1 Å². The van der Waals surface area contributed by atoms with Crippen LogP contribution in [0.3, 0.4) is 0 Å². The zero-order valence-electron chi connectivity index (χ0n) is 5.63. The molecule has 0 aliphatic rings. The molecule has 0 aliphatic heterocycles. The molecular formula is C5H12BrNO2. The van der Waals surface area contributed by atoms with Crippen LogP contribution in [0.15, 0.2) is 0 Å². The summed E-state index contributed by atoms with van der Waals surface area (Å²) in [4.78, 5) is 11.7. The van der Waals surface area contributed by atoms with E-state index < -0.39 is 5.97 Å². The lowest BCUT2D eigenvalue weighted by atomic mass is 10.5. The van der Waals surface area contributed by atoms with Crippen molar-refractivity contribution in [1.82, 2.24) is 4.90 Å². The van der Waals surface area contributed by atoms with Crippen molar-refractivity contribution in [3.63, 3.8) is 0 Å². The van der Waals surface area contributed by atoms with Crippen molar-refractivity contribution in [2.24, 2.45) is 0 Å². The molecule has 0 heterocycles. The molecule has 0 amide bonds. The van der Waals surface area contributed by atoms with E-state index in [1.165, 1.54) is 0 Å². The zero-order chi connectivity index (χ0) is 6.57. The van der Waals surface area contributed by atoms with Gasteiger partial charge in [0.2, 0.25) is 0 Å². The van der Waals surface area contributed by atoms with Gasteiger partial charge >= 0.3 is 5.97 Å². The number of carboxylic acids is 1. The maximum absolute atomic E-state index is 9.93. The highest BCUT2D eigenvalue weighted by Crippen LogP contribution is 1.77. The number of carbonyl (C=O) groups is 1. The summed E-state index contributed by atoms with van der Waals surface area (Å²) in [5, 5.41) is 8.17. The van der Waals surface area contributed by atoms with Gasteiger partial charge in [-0.05, 0) is 13.6 Å². The van der Waals surface area contributed by atoms with E-state index in [1.807, 2.05) is 6.92 Å². The van der Waals surface area contributed by atoms with Crippen LogP contribution in [-0.2, 0) is 4.79 Å². The number of hydrogen-bond donors (Lipinski definition) is 1. The first-order valence-corrected chi connectivity index (χ1v) is 2.57. The fraction of sp³-hybridized carbons (Fsp3) is 0.800. The minimum Gasteiger partial charge on any atom is -0.480 e. The number of halogens is 1. The van der Waals surface area contributed by atoms with Crippen molar-refractivity contribution in [1.29, 1.82) is 0 Å². The molecule has 0 unspecified atom stereocenters. The first kappa shape index (κ1) is 11.7. The van der Waals surface area contributed by atoms with Gasteiger partial charge in [0.05, 0.1) is 6.54 Å². The van der Waals surface area contributed by atoms with Gasteiger partial charge in [-0.25, -0.2) is 0 Å². The molecule has 0 bridgehead atoms. The first-order valence-electron chi connectivity index (χ1n) is 2.57. The largest absolute Gasteiger partial charge is 0.480 e. The van der Waals surface area contributed by atoms with Crippen LogP contribution >= 0.6 is 17.0 Å². The molecule has 0 aromatic carbocycles. The third-order valence-electron chi connectivity index (χ3n) is 0.945. The van der Waals surface area contributed by atoms with Crippen LogP contribution in [0.2, 0.25) is 0 Å². The lowest BCUT2D eigenvalue weighted by molar-refractivity contribution is -0.137. The van der Waals surface area contributed by atoms with Crippen molar-refractivity contribution in [2.45, 2.75) is 6.92 Å². The summed E-state index contributed by atoms with van der Waals surface area (Å²) in [5.41, 5.74) is 0. The third-order valence-corrected chi connectivity index (χ3v) is 0.945. The molecule has 1 N–H and O–H groups in total. The molecule has 0 fully saturated rings. The van der Waals surface area contributed by atoms with Gasteiger partial charge < -0.3 is 5.11 Å². The summed E-state index contributed by atoms with van der Waals surface area (Å²) in [6.45, 7) is 2.84. The Balaban J connectivity index is 0. The normalized spacial score (nSPS) is 8.78. The smallest absolute Gasteiger partial charge is 0.317 e. The van der Waals surface area contributed by atoms with Crippen LogP contribution in [0.25, 0.3) is 0 Å². The number of hydrogen-bond acceptors (Lipinski definition) is 2. The van der Waals surface area contributed by atoms with Gasteiger partial charge in [-0.3, -0.25) is 9.69 Å². The van der Waals surface area contributed by atoms with E-state index in [1.54, 1.807) is 11.9 Å². The third kappa shape index (κ3) is 7.91. The van der Waals surface area contributed by atoms with Gasteiger partial charge in [0, 0.05) is 0 Å². The van der Waals surface area contributed by atoms with E-state index in [-0.39, 0.29) is 23.5 Å². The van der Waals surface area contributed by atoms with Crippen LogP contribution in [0.1, 0.15) is 6.92 Å². The van der Waals surface area contributed by atoms with Gasteiger partial charge in [-0.1, -0.05) is 6.92 Å². The van der Waals surface area contributed by atoms with Crippen molar-refractivity contribution >= 4 is 23.0 Å². The molecule has 56 valence electrons. The molecule has 3 nitrogen and oxygen atoms in total. The summed E-state index contributed by atoms with van der Waals surface area (Å²) in [6, 6.07) is 0. The number of likely N-dealkylation sites (N-methyl/N-ethyl adjacent to an activating group) is 1. The highest BCUT2D eigenvalue weighted by atomic mass is 79.9. The van der Waals surface area contributed by atoms with Crippen LogP contribution in [0.4, 0.5) is 0 Å². The predicted octanol–water partition coefficient (Wildman–Crippen LogP) is 0.601. The van der Waals surface area contributed by atoms with Crippen molar-refractivity contribution in [3.8, 4) is 0 Å². The Kier molecular flexibility index (Phi) is 7.83. The van der Waals surface area contributed by atoms with Gasteiger partial charge in [0.15, 0.2) is 0 Å². The zero-order valence-corrected chi connectivity index (χ0v) is 7.34. The summed E-state index contributed by atoms with van der Waals surface area (Å²) < 4.78 is 0. The van der Waals surface area contributed by atoms with Crippen LogP contribution in [0.5, 0.6) is 0 Å². The maximum Gasteiger partial charge on any atom is 0.317 e. The second-order valence-electron chi connectivity index (χ2n) is 1.72. The van der Waals surface area contributed by atoms with E-state index in [0.29, 0.717) is 0 Å². The van der Waals surface area contributed by atoms with E-state index in [0.717, 1.165) is 6.54 Å². The standard InChI is InChI=1S/C5H11NO2.BrH/c1-3-6(2)4-5(7)8;/h3-4H2,1-2H3,(H,7,8);1H. The van der Waals surface area contributed by atoms with E-state index in [2.05, 4.69) is 0 Å². The monoisotopic (exact) mass is 197 g/mol. The molecule has 9 heavy (non-hydrogen) atoms. The van der Waals surface area contributed by atoms with E-state index >= 15 is 0 Å². The van der Waals surface area contributed by atoms with Crippen molar-refractivity contribution < 1.29 is 9.90 Å². The first-order chi connectivity index (χ1) is 3.66. The van der Waals surface area contributed by atoms with Gasteiger partial charge in [-0.15, -0.1) is 17.0 Å². The summed E-state index contributed by atoms with van der Waals surface area (Å²) >= 11 is 0. The van der Waals surface area contributed by atoms with E-state index in [9.17, 15) is 4.79 Å². The minimum atomic E-state index is -0.769. The van der Waals surface area contributed by atoms with Gasteiger partial charge in [0.1, 0.15) is 0 Å². The Morgan fingerprint density at radius 2 is 2.11 bits per heavy atom. The molecule has 0 aromatic heterocycles. The highest BCUT2D eigenvalue weighted by Gasteiger charge is 1.98. The van der Waals surface area contributed by atoms with E-state index in [4.69, 9.17) is 5.11 Å². The molecule has 0 saturated carbocycles. The number of rotatable bonds is 3. The molecule has 0 atom stereocenters. The summed E-state index contributed by atoms with van der Waals surface area (Å²) in [7, 11) is 1.77. The van der Waals surface area contributed by atoms with Crippen LogP contribution in [0, 0.1) is 0 Å². The fourth-order valence-corrected chi connectivity index (χ4v) is 0.343. The molecule has 4 heteroatoms. The Morgan fingerprint density at radius 3 is 2.22 bits per heavy atom. The number of aliphatic carboxylic acids is 1.